The Bertz CT molecular complexity index is 703. The molecule has 1 amide bonds. The monoisotopic (exact) mass is 296 g/mol. The van der Waals surface area contributed by atoms with Crippen molar-refractivity contribution in [1.82, 2.24) is 5.43 Å². The molecule has 0 atom stereocenters. The van der Waals surface area contributed by atoms with E-state index in [1.807, 2.05) is 30.5 Å². The summed E-state index contributed by atoms with van der Waals surface area (Å²) < 4.78 is 0. The number of rotatable bonds is 3. The van der Waals surface area contributed by atoms with Crippen LogP contribution >= 0.6 is 0 Å². The highest BCUT2D eigenvalue weighted by Gasteiger charge is 2.14. The van der Waals surface area contributed by atoms with Crippen LogP contribution in [0.5, 0.6) is 5.75 Å². The van der Waals surface area contributed by atoms with E-state index in [2.05, 4.69) is 10.5 Å². The molecule has 0 aromatic heterocycles. The highest BCUT2D eigenvalue weighted by atomic mass is 16.3. The smallest absolute Gasteiger partial charge is 0.275 e. The largest absolute Gasteiger partial charge is 0.506 e. The predicted molar refractivity (Wildman–Crippen MR) is 88.1 cm³/mol. The van der Waals surface area contributed by atoms with Gasteiger partial charge in [-0.1, -0.05) is 49.6 Å². The summed E-state index contributed by atoms with van der Waals surface area (Å²) >= 11 is 0. The summed E-state index contributed by atoms with van der Waals surface area (Å²) in [5.74, 6) is 0.0815. The summed E-state index contributed by atoms with van der Waals surface area (Å²) in [6.45, 7) is 0. The number of nitrogens with one attached hydrogen (secondary N) is 1. The fraction of sp³-hybridized carbons (Fsp3) is 0.333. The molecule has 2 aromatic carbocycles. The third kappa shape index (κ3) is 3.11. The van der Waals surface area contributed by atoms with Crippen molar-refractivity contribution >= 4 is 22.9 Å². The number of hydrogen-bond donors (Lipinski definition) is 2. The van der Waals surface area contributed by atoms with Gasteiger partial charge in [0.2, 0.25) is 0 Å². The van der Waals surface area contributed by atoms with E-state index in [-0.39, 0.29) is 17.2 Å². The second-order valence-corrected chi connectivity index (χ2v) is 5.80. The zero-order chi connectivity index (χ0) is 15.4. The Morgan fingerprint density at radius 1 is 1.14 bits per heavy atom. The second-order valence-electron chi connectivity index (χ2n) is 5.80. The van der Waals surface area contributed by atoms with Gasteiger partial charge < -0.3 is 5.11 Å². The maximum absolute atomic E-state index is 12.2. The minimum Gasteiger partial charge on any atom is -0.506 e. The number of amides is 1. The van der Waals surface area contributed by atoms with Crippen LogP contribution in [-0.4, -0.2) is 17.2 Å². The highest BCUT2D eigenvalue weighted by molar-refractivity contribution is 6.03. The normalized spacial score (nSPS) is 16.2. The van der Waals surface area contributed by atoms with Gasteiger partial charge in [0.25, 0.3) is 5.91 Å². The number of carbonyl (C=O) groups excluding carboxylic acids is 1. The molecule has 0 radical (unpaired) electrons. The maximum Gasteiger partial charge on any atom is 0.275 e. The molecule has 1 fully saturated rings. The van der Waals surface area contributed by atoms with Crippen molar-refractivity contribution < 1.29 is 9.90 Å². The number of fused-ring (bicyclic) bond motifs is 1. The lowest BCUT2D eigenvalue weighted by atomic mass is 9.90. The summed E-state index contributed by atoms with van der Waals surface area (Å²) in [7, 11) is 0. The molecular weight excluding hydrogens is 276 g/mol. The average Bonchev–Trinajstić information content (AvgIpc) is 2.56. The molecule has 1 saturated carbocycles. The molecule has 1 aliphatic rings. The van der Waals surface area contributed by atoms with Gasteiger partial charge in [-0.05, 0) is 30.2 Å². The number of hydrogen-bond acceptors (Lipinski definition) is 3. The SMILES string of the molecule is O=C(N/N=C/C1CCCCC1)c1ccc2ccccc2c1O. The van der Waals surface area contributed by atoms with Crippen LogP contribution in [0.15, 0.2) is 41.5 Å². The Kier molecular flexibility index (Phi) is 4.37. The van der Waals surface area contributed by atoms with Gasteiger partial charge in [-0.25, -0.2) is 5.43 Å². The van der Waals surface area contributed by atoms with Crippen molar-refractivity contribution in [2.45, 2.75) is 32.1 Å². The molecule has 1 aliphatic carbocycles. The number of carbonyl (C=O) groups is 1. The van der Waals surface area contributed by atoms with Gasteiger partial charge >= 0.3 is 0 Å². The van der Waals surface area contributed by atoms with Crippen molar-refractivity contribution in [3.8, 4) is 5.75 Å². The van der Waals surface area contributed by atoms with E-state index < -0.39 is 0 Å². The molecule has 0 saturated heterocycles. The lowest BCUT2D eigenvalue weighted by Crippen LogP contribution is -2.19. The summed E-state index contributed by atoms with van der Waals surface area (Å²) in [5.41, 5.74) is 2.77. The van der Waals surface area contributed by atoms with E-state index in [1.54, 1.807) is 12.1 Å². The summed E-state index contributed by atoms with van der Waals surface area (Å²) in [6, 6.07) is 10.9. The molecule has 0 heterocycles. The third-order valence-electron chi connectivity index (χ3n) is 4.25. The van der Waals surface area contributed by atoms with E-state index in [0.29, 0.717) is 11.3 Å². The van der Waals surface area contributed by atoms with Crippen molar-refractivity contribution in [2.24, 2.45) is 11.0 Å². The number of aromatic hydroxyl groups is 1. The number of nitrogens with zero attached hydrogens (tertiary/aromatic N) is 1. The molecule has 22 heavy (non-hydrogen) atoms. The van der Waals surface area contributed by atoms with Gasteiger partial charge in [-0.15, -0.1) is 0 Å². The minimum absolute atomic E-state index is 0.00321. The topological polar surface area (TPSA) is 61.7 Å². The van der Waals surface area contributed by atoms with E-state index in [9.17, 15) is 9.90 Å². The van der Waals surface area contributed by atoms with E-state index in [4.69, 9.17) is 0 Å². The molecule has 0 aliphatic heterocycles. The molecule has 4 heteroatoms. The molecule has 0 bridgehead atoms. The van der Waals surface area contributed by atoms with Gasteiger partial charge in [-0.3, -0.25) is 4.79 Å². The number of phenolic OH excluding ortho intramolecular Hbond substituents is 1. The Morgan fingerprint density at radius 3 is 2.73 bits per heavy atom. The van der Waals surface area contributed by atoms with Crippen LogP contribution in [0.3, 0.4) is 0 Å². The van der Waals surface area contributed by atoms with Crippen LogP contribution in [0.2, 0.25) is 0 Å². The summed E-state index contributed by atoms with van der Waals surface area (Å²) in [6.07, 6.45) is 7.87. The zero-order valence-electron chi connectivity index (χ0n) is 12.5. The van der Waals surface area contributed by atoms with Crippen LogP contribution in [-0.2, 0) is 0 Å². The summed E-state index contributed by atoms with van der Waals surface area (Å²) in [4.78, 5) is 12.2. The molecule has 0 spiro atoms. The van der Waals surface area contributed by atoms with Gasteiger partial charge in [-0.2, -0.15) is 5.10 Å². The molecule has 114 valence electrons. The first-order valence-electron chi connectivity index (χ1n) is 7.80. The average molecular weight is 296 g/mol. The zero-order valence-corrected chi connectivity index (χ0v) is 12.5. The van der Waals surface area contributed by atoms with Gasteiger partial charge in [0.1, 0.15) is 5.75 Å². The molecule has 0 unspecified atom stereocenters. The second kappa shape index (κ2) is 6.60. The predicted octanol–water partition coefficient (Wildman–Crippen LogP) is 3.84. The Morgan fingerprint density at radius 2 is 1.91 bits per heavy atom. The van der Waals surface area contributed by atoms with Gasteiger partial charge in [0.05, 0.1) is 5.56 Å². The lowest BCUT2D eigenvalue weighted by molar-refractivity contribution is 0.0952. The Labute approximate surface area is 129 Å². The molecule has 4 nitrogen and oxygen atoms in total. The van der Waals surface area contributed by atoms with E-state index in [0.717, 1.165) is 18.2 Å². The number of benzene rings is 2. The van der Waals surface area contributed by atoms with Crippen LogP contribution < -0.4 is 5.43 Å². The molecule has 2 aromatic rings. The highest BCUT2D eigenvalue weighted by Crippen LogP contribution is 2.28. The van der Waals surface area contributed by atoms with Crippen molar-refractivity contribution in [3.05, 3.63) is 42.0 Å². The fourth-order valence-electron chi connectivity index (χ4n) is 2.98. The first-order valence-corrected chi connectivity index (χ1v) is 7.80. The van der Waals surface area contributed by atoms with Crippen molar-refractivity contribution in [1.29, 1.82) is 0 Å². The van der Waals surface area contributed by atoms with Crippen LogP contribution in [0, 0.1) is 5.92 Å². The Balaban J connectivity index is 1.72. The number of hydrazone groups is 1. The minimum atomic E-state index is -0.379. The third-order valence-corrected chi connectivity index (χ3v) is 4.25. The van der Waals surface area contributed by atoms with Gasteiger partial charge in [0.15, 0.2) is 0 Å². The molecule has 3 rings (SSSR count). The van der Waals surface area contributed by atoms with Gasteiger partial charge in [0, 0.05) is 11.6 Å². The fourth-order valence-corrected chi connectivity index (χ4v) is 2.98. The first kappa shape index (κ1) is 14.6. The van der Waals surface area contributed by atoms with Crippen LogP contribution in [0.25, 0.3) is 10.8 Å². The lowest BCUT2D eigenvalue weighted by Gasteiger charge is -2.16. The standard InChI is InChI=1S/C18H20N2O2/c21-17-15-9-5-4-8-14(15)10-11-16(17)18(22)20-19-12-13-6-2-1-3-7-13/h4-5,8-13,21H,1-3,6-7H2,(H,20,22)/b19-12+. The Hall–Kier alpha value is -2.36. The van der Waals surface area contributed by atoms with Crippen LogP contribution in [0.1, 0.15) is 42.5 Å². The van der Waals surface area contributed by atoms with E-state index in [1.165, 1.54) is 19.3 Å². The quantitative estimate of drug-likeness (QED) is 0.667. The maximum atomic E-state index is 12.2. The summed E-state index contributed by atoms with van der Waals surface area (Å²) in [5, 5.41) is 15.9. The first-order chi connectivity index (χ1) is 10.8. The van der Waals surface area contributed by atoms with Crippen molar-refractivity contribution in [3.63, 3.8) is 0 Å². The van der Waals surface area contributed by atoms with Crippen molar-refractivity contribution in [2.75, 3.05) is 0 Å². The molecular formula is C18H20N2O2. The van der Waals surface area contributed by atoms with Crippen LogP contribution in [0.4, 0.5) is 0 Å². The number of phenols is 1. The van der Waals surface area contributed by atoms with E-state index >= 15 is 0 Å². The molecule has 2 N–H and O–H groups in total.